The van der Waals surface area contributed by atoms with Crippen LogP contribution in [-0.2, 0) is 0 Å². The third-order valence-corrected chi connectivity index (χ3v) is 4.65. The summed E-state index contributed by atoms with van der Waals surface area (Å²) < 4.78 is 40.8. The highest BCUT2D eigenvalue weighted by Crippen LogP contribution is 2.30. The van der Waals surface area contributed by atoms with Gasteiger partial charge < -0.3 is 10.2 Å². The number of aliphatic imine (C=N–C) groups is 2. The Hall–Kier alpha value is -3.21. The molecule has 1 aromatic heterocycles. The minimum Gasteiger partial charge on any atom is -0.345 e. The Morgan fingerprint density at radius 3 is 2.43 bits per heavy atom. The van der Waals surface area contributed by atoms with Gasteiger partial charge in [-0.2, -0.15) is 18.3 Å². The van der Waals surface area contributed by atoms with Gasteiger partial charge in [0.15, 0.2) is 0 Å². The first kappa shape index (κ1) is 21.5. The standard InChI is InChI=1S/C19H22F3N7O/c1-11-15(26-18-24-9-14(19(20,21)22)16(23-2)27-18)10-25-29(11)13-7-5-12(6-8-13)17(30)28(3)4/h5-10,14,16,23H,1-4H3,(H,26,27). The molecule has 30 heavy (non-hydrogen) atoms. The summed E-state index contributed by atoms with van der Waals surface area (Å²) in [6.07, 6.45) is -3.22. The number of guanidine groups is 1. The number of rotatable bonds is 4. The monoisotopic (exact) mass is 421 g/mol. The lowest BCUT2D eigenvalue weighted by Gasteiger charge is -2.26. The van der Waals surface area contributed by atoms with Crippen molar-refractivity contribution in [3.63, 3.8) is 0 Å². The van der Waals surface area contributed by atoms with E-state index < -0.39 is 18.3 Å². The zero-order chi connectivity index (χ0) is 22.1. The fourth-order valence-electron chi connectivity index (χ4n) is 2.97. The van der Waals surface area contributed by atoms with Crippen molar-refractivity contribution in [1.29, 1.82) is 0 Å². The predicted octanol–water partition coefficient (Wildman–Crippen LogP) is 2.46. The number of carbonyl (C=O) groups excluding carboxylic acids is 1. The summed E-state index contributed by atoms with van der Waals surface area (Å²) in [6, 6.07) is 6.94. The van der Waals surface area contributed by atoms with Gasteiger partial charge in [-0.15, -0.1) is 0 Å². The number of benzene rings is 1. The van der Waals surface area contributed by atoms with Crippen molar-refractivity contribution in [2.75, 3.05) is 26.5 Å². The van der Waals surface area contributed by atoms with Gasteiger partial charge in [-0.05, 0) is 38.2 Å². The number of nitrogens with one attached hydrogen (secondary N) is 2. The largest absolute Gasteiger partial charge is 0.400 e. The third kappa shape index (κ3) is 4.35. The van der Waals surface area contributed by atoms with Crippen LogP contribution >= 0.6 is 0 Å². The lowest BCUT2D eigenvalue weighted by atomic mass is 10.1. The molecule has 2 unspecified atom stereocenters. The van der Waals surface area contributed by atoms with Crippen LogP contribution in [0, 0.1) is 12.8 Å². The molecule has 1 aliphatic heterocycles. The SMILES string of the molecule is CNC1N=C(Nc2cnn(-c3ccc(C(=O)N(C)C)cc3)c2C)N=CC1C(F)(F)F. The molecule has 8 nitrogen and oxygen atoms in total. The molecule has 11 heteroatoms. The van der Waals surface area contributed by atoms with Gasteiger partial charge in [0, 0.05) is 25.9 Å². The Morgan fingerprint density at radius 1 is 1.20 bits per heavy atom. The minimum atomic E-state index is -4.44. The van der Waals surface area contributed by atoms with E-state index in [0.29, 0.717) is 16.9 Å². The molecular weight excluding hydrogens is 399 g/mol. The van der Waals surface area contributed by atoms with Gasteiger partial charge in [0.05, 0.1) is 23.3 Å². The summed E-state index contributed by atoms with van der Waals surface area (Å²) in [5, 5.41) is 9.79. The number of alkyl halides is 3. The topological polar surface area (TPSA) is 86.9 Å². The lowest BCUT2D eigenvalue weighted by molar-refractivity contribution is -0.160. The molecule has 1 aromatic carbocycles. The molecule has 2 heterocycles. The maximum atomic E-state index is 13.1. The minimum absolute atomic E-state index is 0.0597. The highest BCUT2D eigenvalue weighted by molar-refractivity contribution is 6.00. The number of halogens is 3. The van der Waals surface area contributed by atoms with Gasteiger partial charge in [0.1, 0.15) is 12.1 Å². The first-order valence-corrected chi connectivity index (χ1v) is 9.11. The lowest BCUT2D eigenvalue weighted by Crippen LogP contribution is -2.44. The van der Waals surface area contributed by atoms with E-state index in [1.54, 1.807) is 50.0 Å². The van der Waals surface area contributed by atoms with Gasteiger partial charge in [0.2, 0.25) is 5.96 Å². The van der Waals surface area contributed by atoms with E-state index in [1.165, 1.54) is 18.1 Å². The average Bonchev–Trinajstić information content (AvgIpc) is 3.06. The van der Waals surface area contributed by atoms with E-state index in [9.17, 15) is 18.0 Å². The van der Waals surface area contributed by atoms with Crippen molar-refractivity contribution in [3.05, 3.63) is 41.7 Å². The Balaban J connectivity index is 1.79. The molecule has 1 aliphatic rings. The Labute approximate surface area is 171 Å². The smallest absolute Gasteiger partial charge is 0.345 e. The average molecular weight is 421 g/mol. The molecule has 1 amide bonds. The van der Waals surface area contributed by atoms with Crippen LogP contribution in [0.1, 0.15) is 16.1 Å². The van der Waals surface area contributed by atoms with Crippen LogP contribution in [-0.4, -0.2) is 66.2 Å². The van der Waals surface area contributed by atoms with Crippen molar-refractivity contribution in [2.24, 2.45) is 15.9 Å². The van der Waals surface area contributed by atoms with E-state index in [4.69, 9.17) is 0 Å². The van der Waals surface area contributed by atoms with Crippen molar-refractivity contribution in [2.45, 2.75) is 19.3 Å². The van der Waals surface area contributed by atoms with Crippen LogP contribution in [0.3, 0.4) is 0 Å². The first-order valence-electron chi connectivity index (χ1n) is 9.11. The second kappa shape index (κ2) is 8.27. The number of hydrogen-bond donors (Lipinski definition) is 2. The van der Waals surface area contributed by atoms with Crippen molar-refractivity contribution in [3.8, 4) is 5.69 Å². The van der Waals surface area contributed by atoms with Crippen LogP contribution in [0.15, 0.2) is 40.4 Å². The Bertz CT molecular complexity index is 977. The maximum absolute atomic E-state index is 13.1. The second-order valence-corrected chi connectivity index (χ2v) is 6.96. The normalized spacial score (nSPS) is 18.8. The second-order valence-electron chi connectivity index (χ2n) is 6.96. The quantitative estimate of drug-likeness (QED) is 0.794. The van der Waals surface area contributed by atoms with Crippen LogP contribution in [0.2, 0.25) is 0 Å². The predicted molar refractivity (Wildman–Crippen MR) is 108 cm³/mol. The Kier molecular flexibility index (Phi) is 5.92. The summed E-state index contributed by atoms with van der Waals surface area (Å²) in [7, 11) is 4.77. The van der Waals surface area contributed by atoms with Crippen molar-refractivity contribution >= 4 is 23.8 Å². The van der Waals surface area contributed by atoms with Gasteiger partial charge in [-0.1, -0.05) is 0 Å². The van der Waals surface area contributed by atoms with E-state index in [2.05, 4.69) is 25.7 Å². The molecule has 160 valence electrons. The number of amides is 1. The van der Waals surface area contributed by atoms with Crippen LogP contribution in [0.5, 0.6) is 0 Å². The molecule has 0 saturated carbocycles. The molecule has 0 bridgehead atoms. The van der Waals surface area contributed by atoms with Crippen molar-refractivity contribution < 1.29 is 18.0 Å². The van der Waals surface area contributed by atoms with E-state index >= 15 is 0 Å². The number of hydrogen-bond acceptors (Lipinski definition) is 6. The highest BCUT2D eigenvalue weighted by atomic mass is 19.4. The number of anilines is 1. The fraction of sp³-hybridized carbons (Fsp3) is 0.368. The maximum Gasteiger partial charge on any atom is 0.400 e. The molecule has 2 aromatic rings. The molecular formula is C19H22F3N7O. The molecule has 0 saturated heterocycles. The molecule has 0 aliphatic carbocycles. The van der Waals surface area contributed by atoms with E-state index in [1.807, 2.05) is 0 Å². The number of aromatic nitrogens is 2. The first-order chi connectivity index (χ1) is 14.1. The van der Waals surface area contributed by atoms with E-state index in [0.717, 1.165) is 11.9 Å². The molecule has 2 N–H and O–H groups in total. The van der Waals surface area contributed by atoms with Gasteiger partial charge in [-0.25, -0.2) is 14.7 Å². The third-order valence-electron chi connectivity index (χ3n) is 4.65. The zero-order valence-corrected chi connectivity index (χ0v) is 16.9. The van der Waals surface area contributed by atoms with Crippen LogP contribution < -0.4 is 10.6 Å². The molecule has 3 rings (SSSR count). The molecule has 2 atom stereocenters. The molecule has 0 radical (unpaired) electrons. The van der Waals surface area contributed by atoms with Crippen LogP contribution in [0.4, 0.5) is 18.9 Å². The summed E-state index contributed by atoms with van der Waals surface area (Å²) in [5.41, 5.74) is 2.54. The number of nitrogens with zero attached hydrogens (tertiary/aromatic N) is 5. The van der Waals surface area contributed by atoms with Gasteiger partial charge >= 0.3 is 6.18 Å². The van der Waals surface area contributed by atoms with Crippen LogP contribution in [0.25, 0.3) is 5.69 Å². The summed E-state index contributed by atoms with van der Waals surface area (Å²) in [5.74, 6) is -1.84. The van der Waals surface area contributed by atoms with Gasteiger partial charge in [-0.3, -0.25) is 10.1 Å². The summed E-state index contributed by atoms with van der Waals surface area (Å²) >= 11 is 0. The van der Waals surface area contributed by atoms with Crippen molar-refractivity contribution in [1.82, 2.24) is 20.0 Å². The number of carbonyl (C=O) groups is 1. The van der Waals surface area contributed by atoms with E-state index in [-0.39, 0.29) is 11.9 Å². The zero-order valence-electron chi connectivity index (χ0n) is 16.9. The molecule has 0 spiro atoms. The molecule has 0 fully saturated rings. The highest BCUT2D eigenvalue weighted by Gasteiger charge is 2.45. The fourth-order valence-corrected chi connectivity index (χ4v) is 2.97. The summed E-state index contributed by atoms with van der Waals surface area (Å²) in [4.78, 5) is 21.3. The Morgan fingerprint density at radius 2 is 1.87 bits per heavy atom. The summed E-state index contributed by atoms with van der Waals surface area (Å²) in [6.45, 7) is 1.80. The van der Waals surface area contributed by atoms with Gasteiger partial charge in [0.25, 0.3) is 5.91 Å².